The molecule has 0 aliphatic heterocycles. The average molecular weight is 258 g/mol. The van der Waals surface area contributed by atoms with Gasteiger partial charge in [0.1, 0.15) is 11.5 Å². The molecule has 0 amide bonds. The van der Waals surface area contributed by atoms with Crippen molar-refractivity contribution in [2.75, 3.05) is 0 Å². The Balaban J connectivity index is 1.74. The van der Waals surface area contributed by atoms with E-state index in [9.17, 15) is 4.39 Å². The fourth-order valence-corrected chi connectivity index (χ4v) is 2.53. The summed E-state index contributed by atoms with van der Waals surface area (Å²) in [5.41, 5.74) is 1.97. The van der Waals surface area contributed by atoms with Crippen LogP contribution in [0.15, 0.2) is 59.8 Å². The van der Waals surface area contributed by atoms with Gasteiger partial charge in [-0.25, -0.2) is 9.37 Å². The quantitative estimate of drug-likeness (QED) is 0.665. The molecule has 2 nitrogen and oxygen atoms in total. The minimum Gasteiger partial charge on any atom is -0.307 e. The fraction of sp³-hybridized carbons (Fsp3) is 0.0714. The normalized spacial score (nSPS) is 10.9. The van der Waals surface area contributed by atoms with Crippen LogP contribution in [-0.2, 0) is 5.75 Å². The highest BCUT2D eigenvalue weighted by Gasteiger charge is 2.02. The van der Waals surface area contributed by atoms with E-state index in [0.717, 1.165) is 22.0 Å². The van der Waals surface area contributed by atoms with Crippen LogP contribution in [0.25, 0.3) is 5.65 Å². The third-order valence-corrected chi connectivity index (χ3v) is 3.66. The second kappa shape index (κ2) is 4.82. The van der Waals surface area contributed by atoms with E-state index in [1.165, 1.54) is 12.1 Å². The average Bonchev–Trinajstić information content (AvgIpc) is 2.81. The Morgan fingerprint density at radius 3 is 2.72 bits per heavy atom. The number of hydrogen-bond acceptors (Lipinski definition) is 2. The summed E-state index contributed by atoms with van der Waals surface area (Å²) in [5.74, 6) is 0.583. The molecule has 90 valence electrons. The molecule has 0 unspecified atom stereocenters. The molecular formula is C14H11FN2S. The molecule has 0 saturated carbocycles. The van der Waals surface area contributed by atoms with Gasteiger partial charge >= 0.3 is 0 Å². The molecule has 0 aliphatic carbocycles. The van der Waals surface area contributed by atoms with Crippen molar-refractivity contribution in [2.45, 2.75) is 10.6 Å². The highest BCUT2D eigenvalue weighted by molar-refractivity contribution is 7.98. The SMILES string of the molecule is Fc1ccc(SCc2cn3ccccc3n2)cc1. The molecule has 3 rings (SSSR count). The first kappa shape index (κ1) is 11.3. The van der Waals surface area contributed by atoms with E-state index < -0.39 is 0 Å². The van der Waals surface area contributed by atoms with Crippen molar-refractivity contribution in [2.24, 2.45) is 0 Å². The molecule has 0 saturated heterocycles. The first-order valence-electron chi connectivity index (χ1n) is 5.62. The lowest BCUT2D eigenvalue weighted by molar-refractivity contribution is 0.626. The van der Waals surface area contributed by atoms with Crippen molar-refractivity contribution < 1.29 is 4.39 Å². The molecule has 0 radical (unpaired) electrons. The smallest absolute Gasteiger partial charge is 0.137 e. The largest absolute Gasteiger partial charge is 0.307 e. The van der Waals surface area contributed by atoms with E-state index in [4.69, 9.17) is 0 Å². The molecule has 18 heavy (non-hydrogen) atoms. The van der Waals surface area contributed by atoms with Gasteiger partial charge in [-0.2, -0.15) is 0 Å². The van der Waals surface area contributed by atoms with Crippen molar-refractivity contribution in [3.05, 3.63) is 66.4 Å². The number of imidazole rings is 1. The van der Waals surface area contributed by atoms with Crippen LogP contribution in [-0.4, -0.2) is 9.38 Å². The van der Waals surface area contributed by atoms with Gasteiger partial charge in [0.25, 0.3) is 0 Å². The highest BCUT2D eigenvalue weighted by atomic mass is 32.2. The number of hydrogen-bond donors (Lipinski definition) is 0. The zero-order chi connectivity index (χ0) is 12.4. The molecule has 4 heteroatoms. The second-order valence-electron chi connectivity index (χ2n) is 3.94. The number of aromatic nitrogens is 2. The van der Waals surface area contributed by atoms with Crippen LogP contribution in [0.5, 0.6) is 0 Å². The first-order valence-corrected chi connectivity index (χ1v) is 6.61. The minimum absolute atomic E-state index is 0.202. The summed E-state index contributed by atoms with van der Waals surface area (Å²) in [6.45, 7) is 0. The van der Waals surface area contributed by atoms with Gasteiger partial charge in [-0.15, -0.1) is 11.8 Å². The van der Waals surface area contributed by atoms with Crippen LogP contribution in [0.3, 0.4) is 0 Å². The van der Waals surface area contributed by atoms with Gasteiger partial charge in [-0.05, 0) is 36.4 Å². The van der Waals surface area contributed by atoms with Crippen LogP contribution in [0, 0.1) is 5.82 Å². The summed E-state index contributed by atoms with van der Waals surface area (Å²) in [4.78, 5) is 5.56. The van der Waals surface area contributed by atoms with Crippen molar-refractivity contribution in [1.82, 2.24) is 9.38 Å². The zero-order valence-electron chi connectivity index (χ0n) is 9.58. The van der Waals surface area contributed by atoms with E-state index in [2.05, 4.69) is 4.98 Å². The number of benzene rings is 1. The topological polar surface area (TPSA) is 17.3 Å². The Labute approximate surface area is 108 Å². The van der Waals surface area contributed by atoms with Gasteiger partial charge < -0.3 is 4.40 Å². The van der Waals surface area contributed by atoms with Crippen molar-refractivity contribution in [3.63, 3.8) is 0 Å². The number of nitrogens with zero attached hydrogens (tertiary/aromatic N) is 2. The molecule has 2 heterocycles. The van der Waals surface area contributed by atoms with Gasteiger partial charge in [-0.1, -0.05) is 6.07 Å². The van der Waals surface area contributed by atoms with E-state index in [-0.39, 0.29) is 5.82 Å². The van der Waals surface area contributed by atoms with E-state index in [0.29, 0.717) is 0 Å². The van der Waals surface area contributed by atoms with E-state index in [1.807, 2.05) is 35.0 Å². The summed E-state index contributed by atoms with van der Waals surface area (Å²) in [6, 6.07) is 12.5. The van der Waals surface area contributed by atoms with Crippen LogP contribution >= 0.6 is 11.8 Å². The van der Waals surface area contributed by atoms with Crippen molar-refractivity contribution >= 4 is 17.4 Å². The van der Waals surface area contributed by atoms with Gasteiger partial charge in [-0.3, -0.25) is 0 Å². The maximum atomic E-state index is 12.8. The number of rotatable bonds is 3. The Kier molecular flexibility index (Phi) is 3.02. The van der Waals surface area contributed by atoms with Gasteiger partial charge in [0.05, 0.1) is 5.69 Å². The first-order chi connectivity index (χ1) is 8.81. The van der Waals surface area contributed by atoms with Crippen LogP contribution < -0.4 is 0 Å². The van der Waals surface area contributed by atoms with Crippen LogP contribution in [0.4, 0.5) is 4.39 Å². The highest BCUT2D eigenvalue weighted by Crippen LogP contribution is 2.22. The molecular weight excluding hydrogens is 247 g/mol. The van der Waals surface area contributed by atoms with Gasteiger partial charge in [0, 0.05) is 23.0 Å². The maximum Gasteiger partial charge on any atom is 0.137 e. The lowest BCUT2D eigenvalue weighted by atomic mass is 10.4. The Hall–Kier alpha value is -1.81. The van der Waals surface area contributed by atoms with E-state index in [1.54, 1.807) is 23.9 Å². The summed E-state index contributed by atoms with van der Waals surface area (Å²) >= 11 is 1.65. The second-order valence-corrected chi connectivity index (χ2v) is 4.99. The molecule has 0 aliphatic rings. The molecule has 0 bridgehead atoms. The number of halogens is 1. The number of thioether (sulfide) groups is 1. The summed E-state index contributed by atoms with van der Waals surface area (Å²) in [5, 5.41) is 0. The number of fused-ring (bicyclic) bond motifs is 1. The molecule has 0 fully saturated rings. The number of pyridine rings is 1. The summed E-state index contributed by atoms with van der Waals surface area (Å²) in [6.07, 6.45) is 4.00. The predicted octanol–water partition coefficient (Wildman–Crippen LogP) is 3.77. The zero-order valence-corrected chi connectivity index (χ0v) is 10.4. The third-order valence-electron chi connectivity index (χ3n) is 2.61. The summed E-state index contributed by atoms with van der Waals surface area (Å²) < 4.78 is 14.8. The molecule has 0 atom stereocenters. The predicted molar refractivity (Wildman–Crippen MR) is 71.2 cm³/mol. The molecule has 0 N–H and O–H groups in total. The van der Waals surface area contributed by atoms with Gasteiger partial charge in [0.2, 0.25) is 0 Å². The molecule has 3 aromatic rings. The summed E-state index contributed by atoms with van der Waals surface area (Å²) in [7, 11) is 0. The lowest BCUT2D eigenvalue weighted by Crippen LogP contribution is -1.80. The molecule has 0 spiro atoms. The van der Waals surface area contributed by atoms with Gasteiger partial charge in [0.15, 0.2) is 0 Å². The standard InChI is InChI=1S/C14H11FN2S/c15-11-4-6-13(7-5-11)18-10-12-9-17-8-2-1-3-14(17)16-12/h1-9H,10H2. The minimum atomic E-state index is -0.202. The van der Waals surface area contributed by atoms with E-state index >= 15 is 0 Å². The lowest BCUT2D eigenvalue weighted by Gasteiger charge is -1.98. The van der Waals surface area contributed by atoms with Crippen LogP contribution in [0.1, 0.15) is 5.69 Å². The van der Waals surface area contributed by atoms with Crippen molar-refractivity contribution in [1.29, 1.82) is 0 Å². The third kappa shape index (κ3) is 2.38. The van der Waals surface area contributed by atoms with Crippen LogP contribution in [0.2, 0.25) is 0 Å². The Bertz CT molecular complexity index is 628. The maximum absolute atomic E-state index is 12.8. The Morgan fingerprint density at radius 1 is 1.11 bits per heavy atom. The Morgan fingerprint density at radius 2 is 1.94 bits per heavy atom. The monoisotopic (exact) mass is 258 g/mol. The van der Waals surface area contributed by atoms with Crippen molar-refractivity contribution in [3.8, 4) is 0 Å². The molecule has 1 aromatic carbocycles. The fourth-order valence-electron chi connectivity index (χ4n) is 1.74. The molecule has 2 aromatic heterocycles.